The van der Waals surface area contributed by atoms with Gasteiger partial charge in [0.15, 0.2) is 0 Å². The van der Waals surface area contributed by atoms with E-state index in [1.165, 1.54) is 35.3 Å². The zero-order valence-corrected chi connectivity index (χ0v) is 29.8. The van der Waals surface area contributed by atoms with Crippen molar-refractivity contribution in [2.45, 2.75) is 108 Å². The van der Waals surface area contributed by atoms with Crippen LogP contribution < -0.4 is 0 Å². The van der Waals surface area contributed by atoms with Crippen molar-refractivity contribution in [1.82, 2.24) is 14.7 Å². The van der Waals surface area contributed by atoms with Gasteiger partial charge < -0.3 is 14.7 Å². The number of nitrogens with zero attached hydrogens (tertiary/aromatic N) is 3. The van der Waals surface area contributed by atoms with Crippen LogP contribution in [0.4, 0.5) is 14.4 Å². The summed E-state index contributed by atoms with van der Waals surface area (Å²) >= 11 is 4.26. The van der Waals surface area contributed by atoms with Crippen molar-refractivity contribution in [3.8, 4) is 0 Å². The molecule has 0 aliphatic heterocycles. The van der Waals surface area contributed by atoms with Crippen molar-refractivity contribution < 1.29 is 14.4 Å². The standard InChI is InChI=1S/C11H23NOS.C10H21NOS.C9H19NOS/c1-6-14-11(13)12(7-9(2)3)8-10(4)5;1-4-7-8-11(6-3)10(12)13-9-5-2;1-4-7-10(8-5-2)9(11)12-6-3/h9-10H,6-8H2,1-5H3;4-9H2,1-3H3;4-8H2,1-3H3. The topological polar surface area (TPSA) is 60.9 Å². The minimum absolute atomic E-state index is 0.231. The molecule has 0 N–H and O–H groups in total. The Kier molecular flexibility index (Phi) is 33.5. The summed E-state index contributed by atoms with van der Waals surface area (Å²) in [6, 6.07) is 0. The Morgan fingerprint density at radius 3 is 1.31 bits per heavy atom. The first-order chi connectivity index (χ1) is 18.5. The van der Waals surface area contributed by atoms with Gasteiger partial charge in [-0.25, -0.2) is 0 Å². The summed E-state index contributed by atoms with van der Waals surface area (Å²) in [6.45, 7) is 28.5. The molecule has 0 saturated heterocycles. The molecular formula is C30H63N3O3S3. The Hall–Kier alpha value is -0.540. The smallest absolute Gasteiger partial charge is 0.281 e. The second kappa shape index (κ2) is 30.4. The molecule has 0 aliphatic rings. The number of hydrogen-bond donors (Lipinski definition) is 0. The zero-order valence-electron chi connectivity index (χ0n) is 27.3. The van der Waals surface area contributed by atoms with E-state index in [0.29, 0.717) is 11.8 Å². The highest BCUT2D eigenvalue weighted by Crippen LogP contribution is 2.13. The van der Waals surface area contributed by atoms with Crippen molar-refractivity contribution >= 4 is 51.0 Å². The molecule has 0 aliphatic carbocycles. The monoisotopic (exact) mass is 609 g/mol. The lowest BCUT2D eigenvalue weighted by atomic mass is 10.1. The average molecular weight is 610 g/mol. The molecule has 0 atom stereocenters. The minimum atomic E-state index is 0.231. The van der Waals surface area contributed by atoms with Crippen LogP contribution >= 0.6 is 35.3 Å². The van der Waals surface area contributed by atoms with E-state index in [1.807, 2.05) is 35.5 Å². The second-order valence-electron chi connectivity index (χ2n) is 10.1. The largest absolute Gasteiger partial charge is 0.334 e. The van der Waals surface area contributed by atoms with Crippen LogP contribution in [0.15, 0.2) is 0 Å². The van der Waals surface area contributed by atoms with Gasteiger partial charge >= 0.3 is 0 Å². The lowest BCUT2D eigenvalue weighted by Gasteiger charge is -2.25. The lowest BCUT2D eigenvalue weighted by molar-refractivity contribution is 0.208. The van der Waals surface area contributed by atoms with Gasteiger partial charge in [0.1, 0.15) is 0 Å². The van der Waals surface area contributed by atoms with E-state index in [9.17, 15) is 14.4 Å². The lowest BCUT2D eigenvalue weighted by Crippen LogP contribution is -2.34. The summed E-state index contributed by atoms with van der Waals surface area (Å²) in [5.74, 6) is 3.79. The molecule has 39 heavy (non-hydrogen) atoms. The fourth-order valence-electron chi connectivity index (χ4n) is 3.38. The summed E-state index contributed by atoms with van der Waals surface area (Å²) in [5.41, 5.74) is 0. The number of amides is 3. The molecule has 9 heteroatoms. The molecule has 0 aromatic carbocycles. The Balaban J connectivity index is -0.000000500. The molecule has 0 rings (SSSR count). The molecular weight excluding hydrogens is 547 g/mol. The molecule has 6 nitrogen and oxygen atoms in total. The summed E-state index contributed by atoms with van der Waals surface area (Å²) in [6.07, 6.45) is 5.45. The van der Waals surface area contributed by atoms with E-state index in [-0.39, 0.29) is 15.7 Å². The van der Waals surface area contributed by atoms with Crippen LogP contribution in [0.5, 0.6) is 0 Å². The van der Waals surface area contributed by atoms with Gasteiger partial charge in [0.2, 0.25) is 0 Å². The van der Waals surface area contributed by atoms with Gasteiger partial charge in [-0.3, -0.25) is 14.4 Å². The number of carbonyl (C=O) groups is 3. The van der Waals surface area contributed by atoms with Crippen LogP contribution in [0.3, 0.4) is 0 Å². The van der Waals surface area contributed by atoms with Crippen LogP contribution in [-0.4, -0.2) is 86.9 Å². The van der Waals surface area contributed by atoms with Gasteiger partial charge in [0, 0.05) is 45.0 Å². The predicted octanol–water partition coefficient (Wildman–Crippen LogP) is 9.83. The highest BCUT2D eigenvalue weighted by Gasteiger charge is 2.15. The quantitative estimate of drug-likeness (QED) is 0.174. The van der Waals surface area contributed by atoms with E-state index in [2.05, 4.69) is 55.4 Å². The first-order valence-corrected chi connectivity index (χ1v) is 18.2. The second-order valence-corrected chi connectivity index (χ2v) is 13.6. The summed E-state index contributed by atoms with van der Waals surface area (Å²) in [5, 5.41) is 0.717. The third-order valence-corrected chi connectivity index (χ3v) is 7.77. The van der Waals surface area contributed by atoms with Crippen molar-refractivity contribution in [2.24, 2.45) is 11.8 Å². The molecule has 0 heterocycles. The molecule has 0 spiro atoms. The molecule has 3 amide bonds. The summed E-state index contributed by atoms with van der Waals surface area (Å²) in [4.78, 5) is 40.5. The predicted molar refractivity (Wildman–Crippen MR) is 181 cm³/mol. The maximum atomic E-state index is 11.7. The zero-order chi connectivity index (χ0) is 30.6. The molecule has 0 saturated carbocycles. The van der Waals surface area contributed by atoms with Gasteiger partial charge in [-0.1, -0.05) is 111 Å². The molecule has 0 aromatic heterocycles. The third-order valence-electron chi connectivity index (χ3n) is 5.06. The van der Waals surface area contributed by atoms with Crippen molar-refractivity contribution in [1.29, 1.82) is 0 Å². The average Bonchev–Trinajstić information content (AvgIpc) is 2.88. The number of unbranched alkanes of at least 4 members (excludes halogenated alkanes) is 1. The van der Waals surface area contributed by atoms with E-state index >= 15 is 0 Å². The van der Waals surface area contributed by atoms with E-state index in [1.54, 1.807) is 0 Å². The molecule has 0 aromatic rings. The third kappa shape index (κ3) is 27.4. The number of hydrogen-bond acceptors (Lipinski definition) is 6. The first-order valence-electron chi connectivity index (χ1n) is 15.2. The molecule has 0 fully saturated rings. The van der Waals surface area contributed by atoms with E-state index in [0.717, 1.165) is 88.6 Å². The number of thioether (sulfide) groups is 3. The van der Waals surface area contributed by atoms with Crippen LogP contribution in [0, 0.1) is 11.8 Å². The van der Waals surface area contributed by atoms with Crippen LogP contribution in [0.25, 0.3) is 0 Å². The van der Waals surface area contributed by atoms with Crippen LogP contribution in [-0.2, 0) is 0 Å². The van der Waals surface area contributed by atoms with Gasteiger partial charge in [0.25, 0.3) is 15.7 Å². The number of rotatable bonds is 16. The van der Waals surface area contributed by atoms with E-state index < -0.39 is 0 Å². The highest BCUT2D eigenvalue weighted by atomic mass is 32.2. The van der Waals surface area contributed by atoms with Crippen LogP contribution in [0.2, 0.25) is 0 Å². The fourth-order valence-corrected chi connectivity index (χ4v) is 5.35. The van der Waals surface area contributed by atoms with Gasteiger partial charge in [-0.05, 0) is 55.9 Å². The molecule has 234 valence electrons. The number of carbonyl (C=O) groups excluding carboxylic acids is 3. The Labute approximate surface area is 255 Å². The minimum Gasteiger partial charge on any atom is -0.334 e. The van der Waals surface area contributed by atoms with Crippen molar-refractivity contribution in [3.05, 3.63) is 0 Å². The Morgan fingerprint density at radius 1 is 0.538 bits per heavy atom. The highest BCUT2D eigenvalue weighted by molar-refractivity contribution is 8.14. The Morgan fingerprint density at radius 2 is 0.974 bits per heavy atom. The van der Waals surface area contributed by atoms with Gasteiger partial charge in [-0.15, -0.1) is 0 Å². The van der Waals surface area contributed by atoms with Crippen molar-refractivity contribution in [3.63, 3.8) is 0 Å². The normalized spacial score (nSPS) is 10.4. The summed E-state index contributed by atoms with van der Waals surface area (Å²) < 4.78 is 0. The van der Waals surface area contributed by atoms with E-state index in [4.69, 9.17) is 0 Å². The van der Waals surface area contributed by atoms with Gasteiger partial charge in [0.05, 0.1) is 0 Å². The Bertz CT molecular complexity index is 577. The van der Waals surface area contributed by atoms with Crippen molar-refractivity contribution in [2.75, 3.05) is 56.5 Å². The SMILES string of the molecule is CCCCN(CC)C(=O)SCCC.CCCN(CCC)C(=O)SCC.CCSC(=O)N(CC(C)C)CC(C)C. The molecule has 0 unspecified atom stereocenters. The fraction of sp³-hybridized carbons (Fsp3) is 0.900. The maximum absolute atomic E-state index is 11.7. The van der Waals surface area contributed by atoms with Crippen LogP contribution in [0.1, 0.15) is 108 Å². The molecule has 0 radical (unpaired) electrons. The maximum Gasteiger partial charge on any atom is 0.281 e. The summed E-state index contributed by atoms with van der Waals surface area (Å²) in [7, 11) is 0. The molecule has 0 bridgehead atoms. The van der Waals surface area contributed by atoms with Gasteiger partial charge in [-0.2, -0.15) is 0 Å². The first kappa shape index (κ1) is 42.9.